The van der Waals surface area contributed by atoms with Crippen molar-refractivity contribution in [2.45, 2.75) is 19.8 Å². The molecule has 31 heavy (non-hydrogen) atoms. The summed E-state index contributed by atoms with van der Waals surface area (Å²) in [4.78, 5) is 16.4. The monoisotopic (exact) mass is 437 g/mol. The molecule has 0 heterocycles. The highest BCUT2D eigenvalue weighted by atomic mass is 35.5. The van der Waals surface area contributed by atoms with E-state index >= 15 is 0 Å². The number of benzene rings is 3. The highest BCUT2D eigenvalue weighted by molar-refractivity contribution is 6.30. The molecule has 0 aromatic heterocycles. The Balaban J connectivity index is 1.56. The van der Waals surface area contributed by atoms with Crippen molar-refractivity contribution in [1.29, 1.82) is 0 Å². The van der Waals surface area contributed by atoms with Gasteiger partial charge < -0.3 is 14.7 Å². The van der Waals surface area contributed by atoms with Gasteiger partial charge in [0.25, 0.3) is 0 Å². The molecule has 5 nitrogen and oxygen atoms in total. The second kappa shape index (κ2) is 11.2. The zero-order valence-electron chi connectivity index (χ0n) is 17.3. The molecular weight excluding hydrogens is 414 g/mol. The van der Waals surface area contributed by atoms with Crippen LogP contribution in [0.5, 0.6) is 5.75 Å². The number of aliphatic carboxylic acids is 1. The van der Waals surface area contributed by atoms with Crippen LogP contribution in [0.3, 0.4) is 0 Å². The third-order valence-electron chi connectivity index (χ3n) is 4.64. The second-order valence-corrected chi connectivity index (χ2v) is 7.28. The minimum Gasteiger partial charge on any atom is -0.490 e. The SMILES string of the molecule is CCC(=NOCCOc1cc(Cl)ccc1CC(=O)O)c1ccc(-c2ccccc2)cc1. The first-order valence-corrected chi connectivity index (χ1v) is 10.4. The number of halogens is 1. The third-order valence-corrected chi connectivity index (χ3v) is 4.87. The van der Waals surface area contributed by atoms with E-state index < -0.39 is 5.97 Å². The molecule has 0 bridgehead atoms. The molecule has 3 aromatic rings. The molecule has 3 aromatic carbocycles. The molecule has 160 valence electrons. The zero-order chi connectivity index (χ0) is 22.1. The first-order valence-electron chi connectivity index (χ1n) is 10.0. The minimum absolute atomic E-state index is 0.134. The summed E-state index contributed by atoms with van der Waals surface area (Å²) in [5.74, 6) is -0.492. The highest BCUT2D eigenvalue weighted by Gasteiger charge is 2.09. The van der Waals surface area contributed by atoms with Crippen molar-refractivity contribution in [3.8, 4) is 16.9 Å². The highest BCUT2D eigenvalue weighted by Crippen LogP contribution is 2.24. The topological polar surface area (TPSA) is 68.1 Å². The maximum atomic E-state index is 11.0. The number of rotatable bonds is 10. The van der Waals surface area contributed by atoms with E-state index in [1.54, 1.807) is 18.2 Å². The Hall–Kier alpha value is -3.31. The number of ether oxygens (including phenoxy) is 1. The van der Waals surface area contributed by atoms with Crippen LogP contribution in [0.1, 0.15) is 24.5 Å². The predicted molar refractivity (Wildman–Crippen MR) is 123 cm³/mol. The molecule has 0 saturated carbocycles. The molecule has 0 unspecified atom stereocenters. The molecule has 0 saturated heterocycles. The first kappa shape index (κ1) is 22.4. The molecule has 0 atom stereocenters. The van der Waals surface area contributed by atoms with Gasteiger partial charge in [0.05, 0.1) is 12.1 Å². The van der Waals surface area contributed by atoms with E-state index in [4.69, 9.17) is 26.3 Å². The maximum Gasteiger partial charge on any atom is 0.307 e. The molecule has 6 heteroatoms. The second-order valence-electron chi connectivity index (χ2n) is 6.84. The molecule has 0 spiro atoms. The summed E-state index contributed by atoms with van der Waals surface area (Å²) in [6.45, 7) is 2.47. The average molecular weight is 438 g/mol. The molecule has 0 aliphatic carbocycles. The molecule has 0 amide bonds. The van der Waals surface area contributed by atoms with Crippen LogP contribution < -0.4 is 4.74 Å². The van der Waals surface area contributed by atoms with Gasteiger partial charge in [-0.05, 0) is 35.2 Å². The van der Waals surface area contributed by atoms with Crippen molar-refractivity contribution in [2.24, 2.45) is 5.16 Å². The predicted octanol–water partition coefficient (Wildman–Crippen LogP) is 5.84. The minimum atomic E-state index is -0.932. The zero-order valence-corrected chi connectivity index (χ0v) is 18.0. The van der Waals surface area contributed by atoms with Crippen molar-refractivity contribution in [2.75, 3.05) is 13.2 Å². The van der Waals surface area contributed by atoms with Crippen LogP contribution in [-0.2, 0) is 16.1 Å². The van der Waals surface area contributed by atoms with Gasteiger partial charge in [0.15, 0.2) is 6.61 Å². The number of oxime groups is 1. The number of carboxylic acids is 1. The van der Waals surface area contributed by atoms with Crippen LogP contribution in [-0.4, -0.2) is 30.0 Å². The lowest BCUT2D eigenvalue weighted by atomic mass is 10.0. The Bertz CT molecular complexity index is 1030. The summed E-state index contributed by atoms with van der Waals surface area (Å²) >= 11 is 5.99. The largest absolute Gasteiger partial charge is 0.490 e. The Labute approximate surface area is 186 Å². The van der Waals surface area contributed by atoms with Gasteiger partial charge in [-0.3, -0.25) is 4.79 Å². The Kier molecular flexibility index (Phi) is 8.07. The van der Waals surface area contributed by atoms with Gasteiger partial charge in [0, 0.05) is 10.6 Å². The van der Waals surface area contributed by atoms with Crippen LogP contribution in [0.2, 0.25) is 5.02 Å². The van der Waals surface area contributed by atoms with Crippen molar-refractivity contribution in [3.63, 3.8) is 0 Å². The molecular formula is C25H24ClNO4. The van der Waals surface area contributed by atoms with E-state index in [0.717, 1.165) is 23.3 Å². The standard InChI is InChI=1S/C25H24ClNO4/c1-2-23(20-10-8-19(9-11-20)18-6-4-3-5-7-18)27-31-15-14-30-24-17-22(26)13-12-21(24)16-25(28)29/h3-13,17H,2,14-16H2,1H3,(H,28,29). The molecule has 0 radical (unpaired) electrons. The summed E-state index contributed by atoms with van der Waals surface area (Å²) in [6, 6.07) is 23.3. The smallest absolute Gasteiger partial charge is 0.307 e. The lowest BCUT2D eigenvalue weighted by molar-refractivity contribution is -0.136. The van der Waals surface area contributed by atoms with Crippen molar-refractivity contribution in [3.05, 3.63) is 88.9 Å². The van der Waals surface area contributed by atoms with Gasteiger partial charge in [0.2, 0.25) is 0 Å². The quantitative estimate of drug-likeness (QED) is 0.245. The molecule has 0 aliphatic heterocycles. The Morgan fingerprint density at radius 3 is 2.35 bits per heavy atom. The normalized spacial score (nSPS) is 11.2. The van der Waals surface area contributed by atoms with Crippen molar-refractivity contribution >= 4 is 23.3 Å². The van der Waals surface area contributed by atoms with Crippen LogP contribution in [0.15, 0.2) is 78.0 Å². The van der Waals surface area contributed by atoms with Crippen molar-refractivity contribution < 1.29 is 19.5 Å². The van der Waals surface area contributed by atoms with E-state index in [9.17, 15) is 4.79 Å². The lowest BCUT2D eigenvalue weighted by Crippen LogP contribution is -2.09. The third kappa shape index (κ3) is 6.59. The fraction of sp³-hybridized carbons (Fsp3) is 0.200. The summed E-state index contributed by atoms with van der Waals surface area (Å²) in [6.07, 6.45) is 0.590. The molecule has 1 N–H and O–H groups in total. The van der Waals surface area contributed by atoms with Gasteiger partial charge in [0.1, 0.15) is 12.4 Å². The van der Waals surface area contributed by atoms with Crippen LogP contribution in [0.4, 0.5) is 0 Å². The summed E-state index contributed by atoms with van der Waals surface area (Å²) in [5.41, 5.74) is 4.72. The van der Waals surface area contributed by atoms with Gasteiger partial charge in [-0.15, -0.1) is 0 Å². The van der Waals surface area contributed by atoms with Gasteiger partial charge in [-0.1, -0.05) is 84.3 Å². The van der Waals surface area contributed by atoms with Gasteiger partial charge >= 0.3 is 5.97 Å². The fourth-order valence-electron chi connectivity index (χ4n) is 3.09. The van der Waals surface area contributed by atoms with E-state index in [-0.39, 0.29) is 19.6 Å². The molecule has 0 fully saturated rings. The number of hydrogen-bond donors (Lipinski definition) is 1. The number of carbonyl (C=O) groups is 1. The van der Waals surface area contributed by atoms with Gasteiger partial charge in [-0.2, -0.15) is 0 Å². The van der Waals surface area contributed by atoms with Crippen LogP contribution in [0.25, 0.3) is 11.1 Å². The van der Waals surface area contributed by atoms with Crippen molar-refractivity contribution in [1.82, 2.24) is 0 Å². The fourth-order valence-corrected chi connectivity index (χ4v) is 3.25. The van der Waals surface area contributed by atoms with Gasteiger partial charge in [-0.25, -0.2) is 0 Å². The van der Waals surface area contributed by atoms with E-state index in [0.29, 0.717) is 16.3 Å². The Morgan fingerprint density at radius 1 is 0.968 bits per heavy atom. The van der Waals surface area contributed by atoms with E-state index in [2.05, 4.69) is 29.4 Å². The van der Waals surface area contributed by atoms with E-state index in [1.807, 2.05) is 37.3 Å². The summed E-state index contributed by atoms with van der Waals surface area (Å²) in [7, 11) is 0. The summed E-state index contributed by atoms with van der Waals surface area (Å²) in [5, 5.41) is 13.8. The lowest BCUT2D eigenvalue weighted by Gasteiger charge is -2.11. The summed E-state index contributed by atoms with van der Waals surface area (Å²) < 4.78 is 5.66. The molecule has 3 rings (SSSR count). The maximum absolute atomic E-state index is 11.0. The Morgan fingerprint density at radius 2 is 1.68 bits per heavy atom. The number of nitrogens with zero attached hydrogens (tertiary/aromatic N) is 1. The number of carboxylic acid groups (broad SMARTS) is 1. The van der Waals surface area contributed by atoms with E-state index in [1.165, 1.54) is 5.56 Å². The molecule has 0 aliphatic rings. The number of hydrogen-bond acceptors (Lipinski definition) is 4. The van der Waals surface area contributed by atoms with Crippen LogP contribution >= 0.6 is 11.6 Å². The van der Waals surface area contributed by atoms with Crippen LogP contribution in [0, 0.1) is 0 Å². The first-order chi connectivity index (χ1) is 15.1. The average Bonchev–Trinajstić information content (AvgIpc) is 2.78.